The van der Waals surface area contributed by atoms with E-state index in [9.17, 15) is 4.79 Å². The van der Waals surface area contributed by atoms with Crippen molar-refractivity contribution in [2.45, 2.75) is 13.8 Å². The van der Waals surface area contributed by atoms with E-state index in [0.29, 0.717) is 0 Å². The summed E-state index contributed by atoms with van der Waals surface area (Å²) in [6, 6.07) is 7.70. The number of hydrogen-bond acceptors (Lipinski definition) is 3. The molecule has 1 aliphatic rings. The molecule has 128 valence electrons. The number of hydrogen-bond donors (Lipinski definition) is 1. The minimum Gasteiger partial charge on any atom is -0.497 e. The Kier molecular flexibility index (Phi) is 4.57. The van der Waals surface area contributed by atoms with Crippen molar-refractivity contribution in [2.75, 3.05) is 40.3 Å². The van der Waals surface area contributed by atoms with Crippen LogP contribution in [0.15, 0.2) is 24.3 Å². The second-order valence-corrected chi connectivity index (χ2v) is 6.40. The number of nitrogens with zero attached hydrogens (tertiary/aromatic N) is 3. The van der Waals surface area contributed by atoms with Crippen LogP contribution in [0.25, 0.3) is 5.69 Å². The quantitative estimate of drug-likeness (QED) is 0.891. The van der Waals surface area contributed by atoms with Crippen molar-refractivity contribution in [2.24, 2.45) is 0 Å². The van der Waals surface area contributed by atoms with Crippen LogP contribution in [0.3, 0.4) is 0 Å². The second kappa shape index (κ2) is 6.65. The molecule has 0 bridgehead atoms. The van der Waals surface area contributed by atoms with Gasteiger partial charge in [0.2, 0.25) is 0 Å². The topological polar surface area (TPSA) is 51.8 Å². The van der Waals surface area contributed by atoms with E-state index in [1.165, 1.54) is 4.90 Å². The fraction of sp³-hybridized carbons (Fsp3) is 0.444. The number of aromatic nitrogens is 2. The number of piperazine rings is 1. The minimum absolute atomic E-state index is 0.0947. The number of rotatable bonds is 3. The number of amides is 1. The maximum Gasteiger partial charge on any atom is 0.258 e. The van der Waals surface area contributed by atoms with E-state index < -0.39 is 0 Å². The largest absolute Gasteiger partial charge is 0.497 e. The summed E-state index contributed by atoms with van der Waals surface area (Å²) in [6.07, 6.45) is 0. The first-order chi connectivity index (χ1) is 11.5. The van der Waals surface area contributed by atoms with Crippen molar-refractivity contribution in [3.8, 4) is 11.4 Å². The van der Waals surface area contributed by atoms with E-state index in [0.717, 1.165) is 54.6 Å². The average Bonchev–Trinajstić information content (AvgIpc) is 2.89. The van der Waals surface area contributed by atoms with Gasteiger partial charge in [-0.25, -0.2) is 4.68 Å². The number of carbonyl (C=O) groups is 1. The first kappa shape index (κ1) is 16.5. The second-order valence-electron chi connectivity index (χ2n) is 6.40. The van der Waals surface area contributed by atoms with Gasteiger partial charge in [-0.3, -0.25) is 4.79 Å². The molecule has 24 heavy (non-hydrogen) atoms. The molecule has 0 saturated carbocycles. The van der Waals surface area contributed by atoms with Crippen molar-refractivity contribution < 1.29 is 14.4 Å². The zero-order valence-corrected chi connectivity index (χ0v) is 14.8. The summed E-state index contributed by atoms with van der Waals surface area (Å²) in [4.78, 5) is 16.4. The van der Waals surface area contributed by atoms with Gasteiger partial charge in [-0.1, -0.05) is 0 Å². The molecular formula is C18H25N4O2+. The van der Waals surface area contributed by atoms with Crippen molar-refractivity contribution >= 4 is 5.91 Å². The van der Waals surface area contributed by atoms with Crippen LogP contribution in [0.1, 0.15) is 21.7 Å². The van der Waals surface area contributed by atoms with Gasteiger partial charge in [0.15, 0.2) is 0 Å². The standard InChI is InChI=1S/C18H24N4O2/c1-13-17(18(23)21-11-9-20(3)10-12-21)14(2)22(19-13)15-5-7-16(24-4)8-6-15/h5-8H,9-12H2,1-4H3/p+1. The molecule has 1 N–H and O–H groups in total. The molecule has 1 aromatic heterocycles. The van der Waals surface area contributed by atoms with Crippen LogP contribution < -0.4 is 9.64 Å². The smallest absolute Gasteiger partial charge is 0.258 e. The third-order valence-corrected chi connectivity index (χ3v) is 4.73. The van der Waals surface area contributed by atoms with Gasteiger partial charge in [-0.15, -0.1) is 0 Å². The zero-order valence-electron chi connectivity index (χ0n) is 14.8. The Balaban J connectivity index is 1.89. The number of nitrogens with one attached hydrogen (secondary N) is 1. The van der Waals surface area contributed by atoms with Gasteiger partial charge in [-0.2, -0.15) is 5.10 Å². The summed E-state index contributed by atoms with van der Waals surface area (Å²) in [5.41, 5.74) is 3.32. The maximum absolute atomic E-state index is 12.9. The van der Waals surface area contributed by atoms with Crippen LogP contribution in [-0.4, -0.2) is 60.9 Å². The van der Waals surface area contributed by atoms with E-state index in [4.69, 9.17) is 4.74 Å². The molecular weight excluding hydrogens is 304 g/mol. The lowest BCUT2D eigenvalue weighted by Crippen LogP contribution is -3.12. The molecule has 0 atom stereocenters. The Bertz CT molecular complexity index is 728. The van der Waals surface area contributed by atoms with E-state index in [-0.39, 0.29) is 5.91 Å². The Morgan fingerprint density at radius 2 is 1.79 bits per heavy atom. The number of quaternary nitrogens is 1. The zero-order chi connectivity index (χ0) is 17.3. The van der Waals surface area contributed by atoms with Gasteiger partial charge in [0, 0.05) is 0 Å². The predicted octanol–water partition coefficient (Wildman–Crippen LogP) is 0.468. The van der Waals surface area contributed by atoms with Crippen molar-refractivity contribution in [3.05, 3.63) is 41.2 Å². The SMILES string of the molecule is COc1ccc(-n2nc(C)c(C(=O)N3CC[NH+](C)CC3)c2C)cc1. The van der Waals surface area contributed by atoms with Crippen LogP contribution >= 0.6 is 0 Å². The van der Waals surface area contributed by atoms with Gasteiger partial charge in [-0.05, 0) is 38.1 Å². The fourth-order valence-electron chi connectivity index (χ4n) is 3.18. The lowest BCUT2D eigenvalue weighted by molar-refractivity contribution is -0.883. The molecule has 1 fully saturated rings. The molecule has 1 aliphatic heterocycles. The number of methoxy groups -OCH3 is 1. The number of carbonyl (C=O) groups excluding carboxylic acids is 1. The Hall–Kier alpha value is -2.34. The molecule has 0 aliphatic carbocycles. The molecule has 1 amide bonds. The predicted molar refractivity (Wildman–Crippen MR) is 92.1 cm³/mol. The molecule has 3 rings (SSSR count). The first-order valence-corrected chi connectivity index (χ1v) is 8.32. The summed E-state index contributed by atoms with van der Waals surface area (Å²) >= 11 is 0. The van der Waals surface area contributed by atoms with E-state index in [2.05, 4.69) is 12.1 Å². The third kappa shape index (κ3) is 3.01. The van der Waals surface area contributed by atoms with E-state index >= 15 is 0 Å². The summed E-state index contributed by atoms with van der Waals surface area (Å²) in [7, 11) is 3.81. The maximum atomic E-state index is 12.9. The first-order valence-electron chi connectivity index (χ1n) is 8.32. The number of likely N-dealkylation sites (N-methyl/N-ethyl adjacent to an activating group) is 1. The lowest BCUT2D eigenvalue weighted by atomic mass is 10.1. The Morgan fingerprint density at radius 3 is 2.38 bits per heavy atom. The molecule has 0 spiro atoms. The van der Waals surface area contributed by atoms with E-state index in [1.54, 1.807) is 7.11 Å². The Morgan fingerprint density at radius 1 is 1.17 bits per heavy atom. The number of ether oxygens (including phenoxy) is 1. The summed E-state index contributed by atoms with van der Waals surface area (Å²) in [6.45, 7) is 7.46. The van der Waals surface area contributed by atoms with Crippen molar-refractivity contribution in [3.63, 3.8) is 0 Å². The highest BCUT2D eigenvalue weighted by Gasteiger charge is 2.27. The normalized spacial score (nSPS) is 15.6. The molecule has 2 aromatic rings. The summed E-state index contributed by atoms with van der Waals surface area (Å²) in [5, 5.41) is 4.59. The van der Waals surface area contributed by atoms with Crippen molar-refractivity contribution in [1.82, 2.24) is 14.7 Å². The van der Waals surface area contributed by atoms with Crippen LogP contribution in [-0.2, 0) is 0 Å². The molecule has 1 saturated heterocycles. The van der Waals surface area contributed by atoms with Crippen LogP contribution in [0.5, 0.6) is 5.75 Å². The van der Waals surface area contributed by atoms with Gasteiger partial charge in [0.05, 0.1) is 63.0 Å². The minimum atomic E-state index is 0.0947. The van der Waals surface area contributed by atoms with Crippen LogP contribution in [0, 0.1) is 13.8 Å². The monoisotopic (exact) mass is 329 g/mol. The van der Waals surface area contributed by atoms with Crippen LogP contribution in [0.2, 0.25) is 0 Å². The summed E-state index contributed by atoms with van der Waals surface area (Å²) in [5.74, 6) is 0.897. The highest BCUT2D eigenvalue weighted by molar-refractivity contribution is 5.96. The number of aryl methyl sites for hydroxylation is 1. The highest BCUT2D eigenvalue weighted by Crippen LogP contribution is 2.21. The van der Waals surface area contributed by atoms with Gasteiger partial charge in [0.1, 0.15) is 5.75 Å². The van der Waals surface area contributed by atoms with Gasteiger partial charge < -0.3 is 14.5 Å². The van der Waals surface area contributed by atoms with Gasteiger partial charge >= 0.3 is 0 Å². The van der Waals surface area contributed by atoms with E-state index in [1.807, 2.05) is 47.7 Å². The lowest BCUT2D eigenvalue weighted by Gasteiger charge is -2.30. The molecule has 1 aromatic carbocycles. The molecule has 6 heteroatoms. The summed E-state index contributed by atoms with van der Waals surface area (Å²) < 4.78 is 7.03. The number of benzene rings is 1. The average molecular weight is 329 g/mol. The Labute approximate surface area is 142 Å². The van der Waals surface area contributed by atoms with Crippen LogP contribution in [0.4, 0.5) is 0 Å². The molecule has 2 heterocycles. The molecule has 0 unspecified atom stereocenters. The fourth-order valence-corrected chi connectivity index (χ4v) is 3.18. The molecule has 0 radical (unpaired) electrons. The molecule has 6 nitrogen and oxygen atoms in total. The van der Waals surface area contributed by atoms with Gasteiger partial charge in [0.25, 0.3) is 5.91 Å². The third-order valence-electron chi connectivity index (χ3n) is 4.73. The highest BCUT2D eigenvalue weighted by atomic mass is 16.5. The van der Waals surface area contributed by atoms with Crippen molar-refractivity contribution in [1.29, 1.82) is 0 Å².